The van der Waals surface area contributed by atoms with Gasteiger partial charge in [-0.3, -0.25) is 4.68 Å². The van der Waals surface area contributed by atoms with E-state index in [4.69, 9.17) is 38.4 Å². The van der Waals surface area contributed by atoms with Crippen LogP contribution in [0.4, 0.5) is 5.82 Å². The highest BCUT2D eigenvalue weighted by molar-refractivity contribution is 6.38. The van der Waals surface area contributed by atoms with Crippen LogP contribution in [0.3, 0.4) is 0 Å². The number of nitrogens with zero attached hydrogens (tertiary/aromatic N) is 5. The number of carbonyl (C=O) groups excluding carboxylic acids is 3. The van der Waals surface area contributed by atoms with Crippen molar-refractivity contribution in [1.82, 2.24) is 24.5 Å². The van der Waals surface area contributed by atoms with Crippen molar-refractivity contribution in [2.45, 2.75) is 67.5 Å². The number of nitrogens with two attached hydrogens (primary N) is 1. The molecule has 0 atom stereocenters. The first kappa shape index (κ1) is 36.3. The minimum absolute atomic E-state index is 0.0599. The highest BCUT2D eigenvalue weighted by Gasteiger charge is 2.25. The molecule has 0 spiro atoms. The molecule has 0 bridgehead atoms. The maximum atomic E-state index is 12.0. The Labute approximate surface area is 256 Å². The zero-order valence-electron chi connectivity index (χ0n) is 24.9. The maximum absolute atomic E-state index is 12.0. The van der Waals surface area contributed by atoms with Gasteiger partial charge in [0.15, 0.2) is 11.2 Å². The number of nitrogen functional groups attached to an aromatic ring is 1. The first-order chi connectivity index (χ1) is 20.1. The Morgan fingerprint density at radius 2 is 1.57 bits per heavy atom. The van der Waals surface area contributed by atoms with Crippen LogP contribution in [0, 0.1) is 6.92 Å². The lowest BCUT2D eigenvalue weighted by Crippen LogP contribution is -2.19. The number of pyridine rings is 1. The summed E-state index contributed by atoms with van der Waals surface area (Å²) in [6, 6.07) is 1.78. The molecule has 2 N–H and O–H groups in total. The molecular formula is C28H39Cl2N6O6+. The number of allylic oxidation sites excluding steroid dienone is 1. The molecule has 42 heavy (non-hydrogen) atoms. The van der Waals surface area contributed by atoms with Gasteiger partial charge in [0, 0.05) is 18.1 Å². The van der Waals surface area contributed by atoms with Crippen molar-refractivity contribution in [3.8, 4) is 0 Å². The number of halogens is 2. The largest absolute Gasteiger partial charge is 0.462 e. The van der Waals surface area contributed by atoms with Crippen molar-refractivity contribution in [2.75, 3.05) is 25.6 Å². The van der Waals surface area contributed by atoms with Gasteiger partial charge in [0.2, 0.25) is 6.61 Å². The highest BCUT2D eigenvalue weighted by Crippen LogP contribution is 2.29. The number of ether oxygens (including phenoxy) is 3. The van der Waals surface area contributed by atoms with Gasteiger partial charge in [-0.2, -0.15) is 10.2 Å². The Morgan fingerprint density at radius 1 is 0.952 bits per heavy atom. The number of anilines is 1. The summed E-state index contributed by atoms with van der Waals surface area (Å²) in [6.45, 7) is 16.3. The summed E-state index contributed by atoms with van der Waals surface area (Å²) in [5.74, 6) is -1.26. The van der Waals surface area contributed by atoms with Gasteiger partial charge < -0.3 is 19.9 Å². The fraction of sp³-hybridized carbons (Fsp3) is 0.464. The first-order valence-electron chi connectivity index (χ1n) is 13.6. The quantitative estimate of drug-likeness (QED) is 0.0797. The van der Waals surface area contributed by atoms with E-state index in [1.165, 1.54) is 0 Å². The van der Waals surface area contributed by atoms with Gasteiger partial charge in [0.1, 0.15) is 18.3 Å². The standard InChI is InChI=1S/C13H16ClN3O2.C10H14ClO4.C5H9N3/c1-4-9-10(13(18)19-6-3)11(14)8-7-15-17(5-2)12(8)16-9;1-4-7(11)8(9(12)14-5-2)10(13)15-6-3;1-2-8-5(6)3-4-7-8/h7H,4-6H2,1-3H3;2,4-6H2,1,3H3;3-4H,2,6H2,1H3/q;+1;/b;8-7-;. The van der Waals surface area contributed by atoms with Gasteiger partial charge in [-0.15, -0.1) is 0 Å². The fourth-order valence-electron chi connectivity index (χ4n) is 3.45. The van der Waals surface area contributed by atoms with Crippen molar-refractivity contribution in [3.63, 3.8) is 0 Å². The van der Waals surface area contributed by atoms with Crippen LogP contribution in [0.25, 0.3) is 11.0 Å². The van der Waals surface area contributed by atoms with Crippen LogP contribution in [-0.4, -0.2) is 62.3 Å². The lowest BCUT2D eigenvalue weighted by atomic mass is 10.1. The minimum atomic E-state index is -0.796. The van der Waals surface area contributed by atoms with Gasteiger partial charge in [-0.25, -0.2) is 24.0 Å². The molecule has 0 amide bonds. The molecule has 3 aromatic rings. The topological polar surface area (TPSA) is 153 Å². The van der Waals surface area contributed by atoms with E-state index >= 15 is 0 Å². The van der Waals surface area contributed by atoms with Crippen LogP contribution in [0.2, 0.25) is 5.02 Å². The molecule has 0 radical (unpaired) electrons. The van der Waals surface area contributed by atoms with Crippen LogP contribution in [-0.2, 0) is 43.3 Å². The van der Waals surface area contributed by atoms with E-state index in [9.17, 15) is 14.4 Å². The molecule has 3 aromatic heterocycles. The van der Waals surface area contributed by atoms with E-state index < -0.39 is 17.9 Å². The molecule has 12 nitrogen and oxygen atoms in total. The average Bonchev–Trinajstić information content (AvgIpc) is 3.59. The molecule has 0 aromatic carbocycles. The van der Waals surface area contributed by atoms with E-state index in [2.05, 4.69) is 26.8 Å². The molecular weight excluding hydrogens is 587 g/mol. The van der Waals surface area contributed by atoms with E-state index in [-0.39, 0.29) is 23.8 Å². The monoisotopic (exact) mass is 625 g/mol. The van der Waals surface area contributed by atoms with Crippen LogP contribution < -0.4 is 5.73 Å². The molecule has 0 saturated heterocycles. The molecule has 0 saturated carbocycles. The molecule has 0 fully saturated rings. The number of rotatable bonds is 10. The van der Waals surface area contributed by atoms with Crippen LogP contribution in [0.5, 0.6) is 0 Å². The van der Waals surface area contributed by atoms with Crippen molar-refractivity contribution in [3.05, 3.63) is 52.3 Å². The van der Waals surface area contributed by atoms with Gasteiger partial charge >= 0.3 is 17.9 Å². The first-order valence-corrected chi connectivity index (χ1v) is 14.3. The van der Waals surface area contributed by atoms with Gasteiger partial charge in [-0.1, -0.05) is 37.0 Å². The summed E-state index contributed by atoms with van der Waals surface area (Å²) in [7, 11) is 0. The number of aromatic nitrogens is 5. The molecule has 0 aliphatic carbocycles. The molecule has 14 heteroatoms. The third-order valence-corrected chi connectivity index (χ3v) is 6.31. The van der Waals surface area contributed by atoms with Crippen molar-refractivity contribution < 1.29 is 28.6 Å². The zero-order chi connectivity index (χ0) is 31.8. The van der Waals surface area contributed by atoms with E-state index in [0.29, 0.717) is 53.3 Å². The van der Waals surface area contributed by atoms with Crippen molar-refractivity contribution in [1.29, 1.82) is 0 Å². The Kier molecular flexibility index (Phi) is 16.1. The molecule has 0 unspecified atom stereocenters. The molecule has 3 rings (SSSR count). The summed E-state index contributed by atoms with van der Waals surface area (Å²) >= 11 is 12.1. The van der Waals surface area contributed by atoms with Crippen LogP contribution in [0.15, 0.2) is 29.1 Å². The van der Waals surface area contributed by atoms with Crippen molar-refractivity contribution >= 4 is 58.0 Å². The van der Waals surface area contributed by atoms with E-state index in [1.807, 2.05) is 20.8 Å². The molecule has 3 heterocycles. The maximum Gasteiger partial charge on any atom is 0.350 e. The Balaban J connectivity index is 0.000000341. The normalized spacial score (nSPS) is 11.0. The second-order valence-electron chi connectivity index (χ2n) is 8.08. The Morgan fingerprint density at radius 3 is 2.02 bits per heavy atom. The number of hydrogen-bond acceptors (Lipinski definition) is 10. The third kappa shape index (κ3) is 9.66. The SMILES string of the molecule is CCOC(=O)c1c(CC)nc2c(cnn2CC)c1Cl.CCn1nccc1N.[CH2+]COC(=O)/C(C(=O)OCC)=C(/Cl)CC. The number of carbonyl (C=O) groups is 3. The van der Waals surface area contributed by atoms with Gasteiger partial charge in [0.05, 0.1) is 41.7 Å². The number of hydrogen-bond donors (Lipinski definition) is 1. The van der Waals surface area contributed by atoms with Crippen molar-refractivity contribution in [2.24, 2.45) is 0 Å². The molecule has 0 aliphatic rings. The Hall–Kier alpha value is -3.77. The van der Waals surface area contributed by atoms with Gasteiger partial charge in [0.25, 0.3) is 0 Å². The second-order valence-corrected chi connectivity index (χ2v) is 8.92. The van der Waals surface area contributed by atoms with E-state index in [1.54, 1.807) is 48.6 Å². The predicted molar refractivity (Wildman–Crippen MR) is 162 cm³/mol. The number of fused-ring (bicyclic) bond motifs is 1. The summed E-state index contributed by atoms with van der Waals surface area (Å²) < 4.78 is 17.8. The number of aryl methyl sites for hydroxylation is 3. The van der Waals surface area contributed by atoms with Gasteiger partial charge in [-0.05, 0) is 46.6 Å². The summed E-state index contributed by atoms with van der Waals surface area (Å²) in [5.41, 5.74) is 6.91. The van der Waals surface area contributed by atoms with E-state index in [0.717, 1.165) is 12.4 Å². The highest BCUT2D eigenvalue weighted by atomic mass is 35.5. The second kappa shape index (κ2) is 18.6. The minimum Gasteiger partial charge on any atom is -0.462 e. The molecule has 0 aliphatic heterocycles. The predicted octanol–water partition coefficient (Wildman–Crippen LogP) is 5.16. The lowest BCUT2D eigenvalue weighted by Gasteiger charge is -2.10. The third-order valence-electron chi connectivity index (χ3n) is 5.46. The van der Waals surface area contributed by atoms with Crippen LogP contribution in [0.1, 0.15) is 64.0 Å². The zero-order valence-corrected chi connectivity index (χ0v) is 26.4. The fourth-order valence-corrected chi connectivity index (χ4v) is 3.93. The summed E-state index contributed by atoms with van der Waals surface area (Å²) in [5, 5.41) is 9.33. The summed E-state index contributed by atoms with van der Waals surface area (Å²) in [4.78, 5) is 39.2. The smallest absolute Gasteiger partial charge is 0.350 e. The molecule has 230 valence electrons. The number of esters is 3. The van der Waals surface area contributed by atoms with Crippen LogP contribution >= 0.6 is 23.2 Å². The Bertz CT molecular complexity index is 1350. The lowest BCUT2D eigenvalue weighted by molar-refractivity contribution is -0.146. The average molecular weight is 627 g/mol. The summed E-state index contributed by atoms with van der Waals surface area (Å²) in [6.07, 6.45) is 4.30.